The van der Waals surface area contributed by atoms with Crippen molar-refractivity contribution in [1.82, 2.24) is 14.7 Å². The van der Waals surface area contributed by atoms with Crippen molar-refractivity contribution >= 4 is 0 Å². The Balaban J connectivity index is 1.37. The fourth-order valence-electron chi connectivity index (χ4n) is 4.29. The second kappa shape index (κ2) is 9.72. The molecule has 2 saturated heterocycles. The van der Waals surface area contributed by atoms with E-state index >= 15 is 0 Å². The van der Waals surface area contributed by atoms with Gasteiger partial charge in [-0.15, -0.1) is 0 Å². The molecule has 0 radical (unpaired) electrons. The maximum Gasteiger partial charge on any atom is 0.119 e. The van der Waals surface area contributed by atoms with Crippen LogP contribution in [0.1, 0.15) is 45.6 Å². The Morgan fingerprint density at radius 1 is 0.885 bits per heavy atom. The highest BCUT2D eigenvalue weighted by Gasteiger charge is 2.27. The summed E-state index contributed by atoms with van der Waals surface area (Å²) in [7, 11) is 0. The van der Waals surface area contributed by atoms with Gasteiger partial charge < -0.3 is 4.74 Å². The monoisotopic (exact) mass is 359 g/mol. The van der Waals surface area contributed by atoms with Crippen LogP contribution < -0.4 is 4.74 Å². The maximum absolute atomic E-state index is 5.67. The van der Waals surface area contributed by atoms with Crippen molar-refractivity contribution in [3.63, 3.8) is 0 Å². The number of likely N-dealkylation sites (tertiary alicyclic amines) is 1. The molecule has 0 spiro atoms. The van der Waals surface area contributed by atoms with Gasteiger partial charge in [-0.25, -0.2) is 0 Å². The predicted molar refractivity (Wildman–Crippen MR) is 109 cm³/mol. The molecule has 0 saturated carbocycles. The van der Waals surface area contributed by atoms with Gasteiger partial charge in [0.05, 0.1) is 6.61 Å². The number of rotatable bonds is 8. The lowest BCUT2D eigenvalue weighted by Gasteiger charge is -2.36. The van der Waals surface area contributed by atoms with Gasteiger partial charge in [0.15, 0.2) is 0 Å². The molecular formula is C22H37N3O. The van der Waals surface area contributed by atoms with Gasteiger partial charge in [0, 0.05) is 57.9 Å². The summed E-state index contributed by atoms with van der Waals surface area (Å²) in [4.78, 5) is 7.93. The first-order valence-corrected chi connectivity index (χ1v) is 10.6. The summed E-state index contributed by atoms with van der Waals surface area (Å²) >= 11 is 0. The lowest BCUT2D eigenvalue weighted by Crippen LogP contribution is -2.48. The van der Waals surface area contributed by atoms with E-state index in [9.17, 15) is 0 Å². The fourth-order valence-corrected chi connectivity index (χ4v) is 4.29. The van der Waals surface area contributed by atoms with Crippen molar-refractivity contribution in [2.75, 3.05) is 45.9 Å². The summed E-state index contributed by atoms with van der Waals surface area (Å²) in [6, 6.07) is 10.2. The molecule has 4 nitrogen and oxygen atoms in total. The van der Waals surface area contributed by atoms with Crippen molar-refractivity contribution in [2.24, 2.45) is 0 Å². The van der Waals surface area contributed by atoms with E-state index in [2.05, 4.69) is 59.7 Å². The van der Waals surface area contributed by atoms with Gasteiger partial charge in [0.1, 0.15) is 5.75 Å². The summed E-state index contributed by atoms with van der Waals surface area (Å²) in [6.07, 6.45) is 3.80. The average molecular weight is 360 g/mol. The van der Waals surface area contributed by atoms with Gasteiger partial charge >= 0.3 is 0 Å². The van der Waals surface area contributed by atoms with Crippen LogP contribution in [0.5, 0.6) is 5.75 Å². The third-order valence-electron chi connectivity index (χ3n) is 6.08. The minimum absolute atomic E-state index is 0.774. The first kappa shape index (κ1) is 19.7. The molecule has 2 fully saturated rings. The van der Waals surface area contributed by atoms with Crippen molar-refractivity contribution in [3.8, 4) is 5.75 Å². The van der Waals surface area contributed by atoms with E-state index in [0.29, 0.717) is 0 Å². The van der Waals surface area contributed by atoms with Gasteiger partial charge in [-0.2, -0.15) is 0 Å². The topological polar surface area (TPSA) is 19.0 Å². The van der Waals surface area contributed by atoms with E-state index < -0.39 is 0 Å². The van der Waals surface area contributed by atoms with Crippen molar-refractivity contribution in [1.29, 1.82) is 0 Å². The highest BCUT2D eigenvalue weighted by atomic mass is 16.5. The van der Waals surface area contributed by atoms with E-state index in [1.807, 2.05) is 0 Å². The van der Waals surface area contributed by atoms with Gasteiger partial charge in [0.2, 0.25) is 0 Å². The molecule has 4 heteroatoms. The number of hydrogen-bond donors (Lipinski definition) is 0. The third kappa shape index (κ3) is 5.45. The zero-order chi connectivity index (χ0) is 18.4. The van der Waals surface area contributed by atoms with Crippen LogP contribution in [-0.4, -0.2) is 72.7 Å². The standard InChI is InChI=1S/C22H37N3O/c1-4-17-26-22-9-7-21(8-10-22)18-24-13-11-23(12-14-24)15-16-25-19(2)5-6-20(25)3/h7-10,19-20H,4-6,11-18H2,1-3H3. The first-order chi connectivity index (χ1) is 12.7. The summed E-state index contributed by atoms with van der Waals surface area (Å²) in [5.74, 6) is 0.991. The Morgan fingerprint density at radius 2 is 1.50 bits per heavy atom. The van der Waals surface area contributed by atoms with Gasteiger partial charge in [-0.05, 0) is 50.8 Å². The Labute approximate surface area is 160 Å². The Hall–Kier alpha value is -1.10. The molecule has 26 heavy (non-hydrogen) atoms. The number of piperazine rings is 1. The van der Waals surface area contributed by atoms with E-state index in [-0.39, 0.29) is 0 Å². The SMILES string of the molecule is CCCOc1ccc(CN2CCN(CCN3C(C)CCC3C)CC2)cc1. The second-order valence-corrected chi connectivity index (χ2v) is 8.12. The van der Waals surface area contributed by atoms with Crippen LogP contribution >= 0.6 is 0 Å². The largest absolute Gasteiger partial charge is 0.494 e. The van der Waals surface area contributed by atoms with E-state index in [1.165, 1.54) is 57.7 Å². The Bertz CT molecular complexity index is 515. The van der Waals surface area contributed by atoms with Crippen LogP contribution in [0.2, 0.25) is 0 Å². The first-order valence-electron chi connectivity index (χ1n) is 10.6. The fraction of sp³-hybridized carbons (Fsp3) is 0.727. The number of nitrogens with zero attached hydrogens (tertiary/aromatic N) is 3. The molecule has 1 aromatic rings. The number of ether oxygens (including phenoxy) is 1. The van der Waals surface area contributed by atoms with Crippen molar-refractivity contribution < 1.29 is 4.74 Å². The molecule has 0 bridgehead atoms. The molecule has 2 aliphatic rings. The summed E-state index contributed by atoms with van der Waals surface area (Å²) in [5.41, 5.74) is 1.39. The Kier molecular flexibility index (Phi) is 7.35. The molecular weight excluding hydrogens is 322 g/mol. The molecule has 3 rings (SSSR count). The van der Waals surface area contributed by atoms with Crippen LogP contribution in [0.15, 0.2) is 24.3 Å². The zero-order valence-corrected chi connectivity index (χ0v) is 17.0. The molecule has 2 atom stereocenters. The molecule has 2 aliphatic heterocycles. The second-order valence-electron chi connectivity index (χ2n) is 8.12. The molecule has 0 aromatic heterocycles. The molecule has 1 aromatic carbocycles. The van der Waals surface area contributed by atoms with E-state index in [4.69, 9.17) is 4.74 Å². The molecule has 2 unspecified atom stereocenters. The van der Waals surface area contributed by atoms with E-state index in [0.717, 1.165) is 37.4 Å². The number of benzene rings is 1. The van der Waals surface area contributed by atoms with E-state index in [1.54, 1.807) is 0 Å². The van der Waals surface area contributed by atoms with Crippen LogP contribution in [0, 0.1) is 0 Å². The lowest BCUT2D eigenvalue weighted by atomic mass is 10.2. The highest BCUT2D eigenvalue weighted by Crippen LogP contribution is 2.23. The van der Waals surface area contributed by atoms with Crippen LogP contribution in [0.4, 0.5) is 0 Å². The van der Waals surface area contributed by atoms with Gasteiger partial charge in [-0.3, -0.25) is 14.7 Å². The van der Waals surface area contributed by atoms with Crippen LogP contribution in [0.25, 0.3) is 0 Å². The smallest absolute Gasteiger partial charge is 0.119 e. The minimum Gasteiger partial charge on any atom is -0.494 e. The highest BCUT2D eigenvalue weighted by molar-refractivity contribution is 5.27. The molecule has 2 heterocycles. The van der Waals surface area contributed by atoms with Crippen molar-refractivity contribution in [2.45, 2.75) is 58.7 Å². The molecule has 146 valence electrons. The molecule has 0 aliphatic carbocycles. The maximum atomic E-state index is 5.67. The predicted octanol–water partition coefficient (Wildman–Crippen LogP) is 3.47. The normalized spacial score (nSPS) is 25.7. The molecule has 0 amide bonds. The summed E-state index contributed by atoms with van der Waals surface area (Å²) in [5, 5.41) is 0. The van der Waals surface area contributed by atoms with Gasteiger partial charge in [0.25, 0.3) is 0 Å². The Morgan fingerprint density at radius 3 is 2.12 bits per heavy atom. The summed E-state index contributed by atoms with van der Waals surface area (Å²) in [6.45, 7) is 16.0. The van der Waals surface area contributed by atoms with Crippen LogP contribution in [-0.2, 0) is 6.54 Å². The van der Waals surface area contributed by atoms with Crippen molar-refractivity contribution in [3.05, 3.63) is 29.8 Å². The zero-order valence-electron chi connectivity index (χ0n) is 17.0. The average Bonchev–Trinajstić information content (AvgIpc) is 2.98. The third-order valence-corrected chi connectivity index (χ3v) is 6.08. The lowest BCUT2D eigenvalue weighted by molar-refractivity contribution is 0.106. The quantitative estimate of drug-likeness (QED) is 0.707. The number of hydrogen-bond acceptors (Lipinski definition) is 4. The summed E-state index contributed by atoms with van der Waals surface area (Å²) < 4.78 is 5.67. The van der Waals surface area contributed by atoms with Crippen LogP contribution in [0.3, 0.4) is 0 Å². The minimum atomic E-state index is 0.774. The van der Waals surface area contributed by atoms with Gasteiger partial charge in [-0.1, -0.05) is 19.1 Å². The molecule has 0 N–H and O–H groups in total.